The molecule has 0 aromatic carbocycles. The van der Waals surface area contributed by atoms with Crippen LogP contribution in [-0.2, 0) is 15.0 Å². The van der Waals surface area contributed by atoms with Gasteiger partial charge in [-0.2, -0.15) is 8.42 Å². The molecular weight excluding hydrogens is 324 g/mol. The van der Waals surface area contributed by atoms with Gasteiger partial charge in [0.25, 0.3) is 5.91 Å². The van der Waals surface area contributed by atoms with Crippen LogP contribution >= 0.6 is 0 Å². The smallest absolute Gasteiger partial charge is 0.405 e. The van der Waals surface area contributed by atoms with Gasteiger partial charge in [0.05, 0.1) is 19.6 Å². The molecule has 122 valence electrons. The maximum atomic E-state index is 11.9. The van der Waals surface area contributed by atoms with Crippen molar-refractivity contribution in [1.29, 1.82) is 0 Å². The van der Waals surface area contributed by atoms with E-state index in [-0.39, 0.29) is 19.6 Å². The second-order valence-corrected chi connectivity index (χ2v) is 6.01. The average Bonchev–Trinajstić information content (AvgIpc) is 2.73. The fraction of sp³-hybridized carbons (Fsp3) is 0.500. The van der Waals surface area contributed by atoms with Crippen molar-refractivity contribution in [1.82, 2.24) is 24.3 Å². The largest absolute Gasteiger partial charge is 0.465 e. The molecule has 0 radical (unpaired) electrons. The number of β-lactam (4-membered cyclic amide) rings is 1. The van der Waals surface area contributed by atoms with Crippen LogP contribution in [0.1, 0.15) is 0 Å². The number of amides is 6. The first-order chi connectivity index (χ1) is 10.1. The van der Waals surface area contributed by atoms with E-state index in [9.17, 15) is 27.6 Å². The molecule has 2 saturated heterocycles. The van der Waals surface area contributed by atoms with Gasteiger partial charge in [-0.05, 0) is 0 Å². The predicted molar refractivity (Wildman–Crippen MR) is 67.1 cm³/mol. The summed E-state index contributed by atoms with van der Waals surface area (Å²) in [5.74, 6) is 4.32. The van der Waals surface area contributed by atoms with Crippen LogP contribution in [0.3, 0.4) is 0 Å². The Bertz CT molecular complexity index is 647. The Labute approximate surface area is 123 Å². The standard InChI is InChI=1S/C8H12N6O7S/c9-13-1-2-14(8(13)19)22(20,21)11-6(16)12-3-4(5(12)15)10-7(17)18/h4,10H,1-3,9H2,(H,11,16)(H,17,18). The SMILES string of the molecule is NN1CCN(S(=O)(=O)NC(=O)N2CC(NC(=O)O)C2=O)C1=O. The minimum atomic E-state index is -4.49. The molecule has 22 heavy (non-hydrogen) atoms. The van der Waals surface area contributed by atoms with E-state index in [0.717, 1.165) is 0 Å². The summed E-state index contributed by atoms with van der Waals surface area (Å²) in [6, 6.07) is -3.41. The van der Waals surface area contributed by atoms with E-state index in [4.69, 9.17) is 10.9 Å². The molecular formula is C8H12N6O7S. The maximum absolute atomic E-state index is 11.9. The van der Waals surface area contributed by atoms with Crippen molar-refractivity contribution in [3.63, 3.8) is 0 Å². The number of nitrogens with one attached hydrogen (secondary N) is 2. The fourth-order valence-electron chi connectivity index (χ4n) is 1.84. The van der Waals surface area contributed by atoms with Gasteiger partial charge in [-0.15, -0.1) is 0 Å². The van der Waals surface area contributed by atoms with Crippen LogP contribution in [-0.4, -0.2) is 77.5 Å². The van der Waals surface area contributed by atoms with Crippen molar-refractivity contribution in [2.75, 3.05) is 19.6 Å². The van der Waals surface area contributed by atoms with Crippen LogP contribution in [0.15, 0.2) is 0 Å². The first-order valence-corrected chi connectivity index (χ1v) is 7.29. The number of nitrogens with zero attached hydrogens (tertiary/aromatic N) is 3. The van der Waals surface area contributed by atoms with Gasteiger partial charge in [0.15, 0.2) is 0 Å². The molecule has 2 fully saturated rings. The van der Waals surface area contributed by atoms with Crippen LogP contribution in [0.2, 0.25) is 0 Å². The summed E-state index contributed by atoms with van der Waals surface area (Å²) >= 11 is 0. The molecule has 1 unspecified atom stereocenters. The van der Waals surface area contributed by atoms with Crippen LogP contribution in [0.25, 0.3) is 0 Å². The molecule has 2 rings (SSSR count). The predicted octanol–water partition coefficient (Wildman–Crippen LogP) is -2.97. The highest BCUT2D eigenvalue weighted by molar-refractivity contribution is 7.88. The van der Waals surface area contributed by atoms with Crippen LogP contribution in [0.4, 0.5) is 14.4 Å². The zero-order chi connectivity index (χ0) is 16.7. The molecule has 0 aromatic heterocycles. The number of likely N-dealkylation sites (tertiary alicyclic amines) is 1. The number of hydrogen-bond acceptors (Lipinski definition) is 7. The van der Waals surface area contributed by atoms with Crippen molar-refractivity contribution >= 4 is 34.3 Å². The van der Waals surface area contributed by atoms with E-state index in [1.807, 2.05) is 5.32 Å². The number of imide groups is 1. The lowest BCUT2D eigenvalue weighted by molar-refractivity contribution is -0.138. The second kappa shape index (κ2) is 5.30. The highest BCUT2D eigenvalue weighted by atomic mass is 32.2. The van der Waals surface area contributed by atoms with E-state index < -0.39 is 40.3 Å². The van der Waals surface area contributed by atoms with Crippen LogP contribution in [0, 0.1) is 0 Å². The quantitative estimate of drug-likeness (QED) is 0.239. The molecule has 0 saturated carbocycles. The van der Waals surface area contributed by atoms with Crippen molar-refractivity contribution in [3.05, 3.63) is 0 Å². The van der Waals surface area contributed by atoms with Crippen molar-refractivity contribution < 1.29 is 32.7 Å². The lowest BCUT2D eigenvalue weighted by Gasteiger charge is -2.36. The van der Waals surface area contributed by atoms with Gasteiger partial charge >= 0.3 is 28.4 Å². The van der Waals surface area contributed by atoms with E-state index in [1.165, 1.54) is 0 Å². The van der Waals surface area contributed by atoms with E-state index in [2.05, 4.69) is 0 Å². The summed E-state index contributed by atoms with van der Waals surface area (Å²) in [6.45, 7) is -0.598. The molecule has 2 heterocycles. The van der Waals surface area contributed by atoms with Crippen LogP contribution < -0.4 is 15.9 Å². The number of carbonyl (C=O) groups excluding carboxylic acids is 3. The summed E-state index contributed by atoms with van der Waals surface area (Å²) in [5, 5.41) is 10.9. The summed E-state index contributed by atoms with van der Waals surface area (Å²) in [4.78, 5) is 45.5. The molecule has 0 aliphatic carbocycles. The van der Waals surface area contributed by atoms with Crippen molar-refractivity contribution in [3.8, 4) is 0 Å². The molecule has 0 spiro atoms. The van der Waals surface area contributed by atoms with Gasteiger partial charge in [-0.1, -0.05) is 0 Å². The number of carboxylic acid groups (broad SMARTS) is 1. The maximum Gasteiger partial charge on any atom is 0.405 e. The fourth-order valence-corrected chi connectivity index (χ4v) is 2.92. The second-order valence-electron chi connectivity index (χ2n) is 4.41. The molecule has 13 nitrogen and oxygen atoms in total. The zero-order valence-electron chi connectivity index (χ0n) is 10.9. The van der Waals surface area contributed by atoms with Gasteiger partial charge in [0, 0.05) is 0 Å². The third kappa shape index (κ3) is 2.73. The first kappa shape index (κ1) is 15.8. The Morgan fingerprint density at radius 1 is 1.27 bits per heavy atom. The third-order valence-corrected chi connectivity index (χ3v) is 4.33. The molecule has 5 N–H and O–H groups in total. The summed E-state index contributed by atoms with van der Waals surface area (Å²) in [7, 11) is -4.49. The number of nitrogens with two attached hydrogens (primary N) is 1. The summed E-state index contributed by atoms with van der Waals surface area (Å²) in [6.07, 6.45) is -1.45. The monoisotopic (exact) mass is 336 g/mol. The van der Waals surface area contributed by atoms with Gasteiger partial charge in [-0.25, -0.2) is 29.3 Å². The Balaban J connectivity index is 1.97. The lowest BCUT2D eigenvalue weighted by Crippen LogP contribution is -2.67. The highest BCUT2D eigenvalue weighted by Crippen LogP contribution is 2.13. The number of hydrogen-bond donors (Lipinski definition) is 4. The van der Waals surface area contributed by atoms with Gasteiger partial charge < -0.3 is 10.4 Å². The molecule has 0 aromatic rings. The molecule has 1 atom stereocenters. The molecule has 14 heteroatoms. The van der Waals surface area contributed by atoms with E-state index in [0.29, 0.717) is 14.2 Å². The zero-order valence-corrected chi connectivity index (χ0v) is 11.7. The number of rotatable bonds is 3. The Hall–Kier alpha value is -2.61. The topological polar surface area (TPSA) is 182 Å². The average molecular weight is 336 g/mol. The number of hydrazine groups is 1. The Morgan fingerprint density at radius 2 is 1.91 bits per heavy atom. The number of carbonyl (C=O) groups is 4. The Kier molecular flexibility index (Phi) is 3.80. The van der Waals surface area contributed by atoms with Gasteiger partial charge in [0.2, 0.25) is 0 Å². The van der Waals surface area contributed by atoms with Crippen molar-refractivity contribution in [2.24, 2.45) is 5.84 Å². The Morgan fingerprint density at radius 3 is 2.36 bits per heavy atom. The summed E-state index contributed by atoms with van der Waals surface area (Å²) in [5.41, 5.74) is 0. The lowest BCUT2D eigenvalue weighted by atomic mass is 10.1. The van der Waals surface area contributed by atoms with Crippen molar-refractivity contribution in [2.45, 2.75) is 6.04 Å². The minimum Gasteiger partial charge on any atom is -0.465 e. The van der Waals surface area contributed by atoms with E-state index >= 15 is 0 Å². The number of urea groups is 2. The highest BCUT2D eigenvalue weighted by Gasteiger charge is 2.44. The van der Waals surface area contributed by atoms with Crippen LogP contribution in [0.5, 0.6) is 0 Å². The van der Waals surface area contributed by atoms with Gasteiger partial charge in [0.1, 0.15) is 6.04 Å². The summed E-state index contributed by atoms with van der Waals surface area (Å²) < 4.78 is 25.6. The van der Waals surface area contributed by atoms with E-state index in [1.54, 1.807) is 4.72 Å². The molecule has 6 amide bonds. The normalized spacial score (nSPS) is 21.7. The molecule has 0 bridgehead atoms. The third-order valence-electron chi connectivity index (χ3n) is 2.98. The van der Waals surface area contributed by atoms with Gasteiger partial charge in [-0.3, -0.25) is 14.7 Å². The first-order valence-electron chi connectivity index (χ1n) is 5.85. The molecule has 2 aliphatic heterocycles. The minimum absolute atomic E-state index is 0.0405. The molecule has 2 aliphatic rings.